The van der Waals surface area contributed by atoms with Crippen molar-refractivity contribution in [2.45, 2.75) is 33.1 Å². The molecule has 2 heteroatoms. The van der Waals surface area contributed by atoms with Crippen molar-refractivity contribution in [2.24, 2.45) is 5.41 Å². The number of aromatic hydroxyl groups is 1. The molecule has 1 N–H and O–H groups in total. The first-order chi connectivity index (χ1) is 7.52. The van der Waals surface area contributed by atoms with Crippen LogP contribution in [0, 0.1) is 19.3 Å². The van der Waals surface area contributed by atoms with E-state index in [4.69, 9.17) is 0 Å². The molecule has 0 atom stereocenters. The van der Waals surface area contributed by atoms with E-state index in [9.17, 15) is 5.11 Å². The molecule has 1 spiro atoms. The van der Waals surface area contributed by atoms with Gasteiger partial charge in [0.1, 0.15) is 5.75 Å². The van der Waals surface area contributed by atoms with E-state index in [0.717, 1.165) is 12.0 Å². The van der Waals surface area contributed by atoms with Crippen LogP contribution in [0.25, 0.3) is 0 Å². The summed E-state index contributed by atoms with van der Waals surface area (Å²) in [5.74, 6) is 0.461. The molecule has 2 aliphatic rings. The Labute approximate surface area is 96.9 Å². The van der Waals surface area contributed by atoms with Gasteiger partial charge >= 0.3 is 0 Å². The highest BCUT2D eigenvalue weighted by Gasteiger charge is 2.46. The minimum Gasteiger partial charge on any atom is -0.508 e. The fraction of sp³-hybridized carbons (Fsp3) is 0.571. The van der Waals surface area contributed by atoms with Crippen molar-refractivity contribution in [2.75, 3.05) is 18.5 Å². The van der Waals surface area contributed by atoms with E-state index in [1.807, 2.05) is 13.0 Å². The van der Waals surface area contributed by atoms with E-state index in [2.05, 4.69) is 18.9 Å². The van der Waals surface area contributed by atoms with Gasteiger partial charge in [0.15, 0.2) is 0 Å². The van der Waals surface area contributed by atoms with Crippen molar-refractivity contribution >= 4 is 5.69 Å². The van der Waals surface area contributed by atoms with Gasteiger partial charge in [-0.25, -0.2) is 0 Å². The van der Waals surface area contributed by atoms with Crippen LogP contribution in [0.1, 0.15) is 29.5 Å². The van der Waals surface area contributed by atoms with Gasteiger partial charge in [-0.05, 0) is 61.3 Å². The van der Waals surface area contributed by atoms with Crippen molar-refractivity contribution in [3.8, 4) is 5.75 Å². The molecular formula is C14H19NO. The number of hydrogen-bond acceptors (Lipinski definition) is 2. The summed E-state index contributed by atoms with van der Waals surface area (Å²) in [6, 6.07) is 1.98. The maximum atomic E-state index is 9.91. The van der Waals surface area contributed by atoms with E-state index < -0.39 is 0 Å². The summed E-state index contributed by atoms with van der Waals surface area (Å²) in [7, 11) is 2.18. The number of hydrogen-bond donors (Lipinski definition) is 1. The maximum Gasteiger partial charge on any atom is 0.119 e. The average molecular weight is 217 g/mol. The van der Waals surface area contributed by atoms with Gasteiger partial charge in [0, 0.05) is 19.3 Å². The van der Waals surface area contributed by atoms with Gasteiger partial charge in [-0.2, -0.15) is 0 Å². The molecule has 1 aromatic rings. The van der Waals surface area contributed by atoms with Crippen molar-refractivity contribution < 1.29 is 5.11 Å². The molecule has 0 aromatic heterocycles. The second-order valence-electron chi connectivity index (χ2n) is 5.69. The Morgan fingerprint density at radius 1 is 1.25 bits per heavy atom. The zero-order chi connectivity index (χ0) is 11.5. The van der Waals surface area contributed by atoms with Crippen LogP contribution in [0.15, 0.2) is 6.07 Å². The van der Waals surface area contributed by atoms with Crippen molar-refractivity contribution in [3.05, 3.63) is 22.8 Å². The van der Waals surface area contributed by atoms with Gasteiger partial charge in [0.25, 0.3) is 0 Å². The fourth-order valence-electron chi connectivity index (χ4n) is 3.17. The lowest BCUT2D eigenvalue weighted by molar-refractivity contribution is 0.459. The predicted octanol–water partition coefficient (Wildman–Crippen LogP) is 2.78. The maximum absolute atomic E-state index is 9.91. The van der Waals surface area contributed by atoms with Crippen LogP contribution in [-0.2, 0) is 6.42 Å². The smallest absolute Gasteiger partial charge is 0.119 e. The minimum absolute atomic E-state index is 0.461. The first-order valence-electron chi connectivity index (χ1n) is 6.06. The highest BCUT2D eigenvalue weighted by molar-refractivity contribution is 5.66. The van der Waals surface area contributed by atoms with E-state index in [1.165, 1.54) is 36.2 Å². The minimum atomic E-state index is 0.461. The average Bonchev–Trinajstić information content (AvgIpc) is 2.93. The van der Waals surface area contributed by atoms with Gasteiger partial charge < -0.3 is 10.0 Å². The molecule has 0 radical (unpaired) electrons. The Hall–Kier alpha value is -1.18. The van der Waals surface area contributed by atoms with Crippen LogP contribution in [0.2, 0.25) is 0 Å². The molecule has 1 saturated carbocycles. The summed E-state index contributed by atoms with van der Waals surface area (Å²) in [5, 5.41) is 9.91. The molecule has 2 nitrogen and oxygen atoms in total. The van der Waals surface area contributed by atoms with Gasteiger partial charge in [-0.1, -0.05) is 0 Å². The summed E-state index contributed by atoms with van der Waals surface area (Å²) in [6.45, 7) is 5.31. The number of fused-ring (bicyclic) bond motifs is 1. The summed E-state index contributed by atoms with van der Waals surface area (Å²) in [6.07, 6.45) is 3.86. The zero-order valence-electron chi connectivity index (χ0n) is 10.3. The Morgan fingerprint density at radius 3 is 2.56 bits per heavy atom. The third-order valence-corrected chi connectivity index (χ3v) is 4.39. The topological polar surface area (TPSA) is 23.5 Å². The lowest BCUT2D eigenvalue weighted by atomic mass is 9.87. The molecule has 3 rings (SSSR count). The normalized spacial score (nSPS) is 21.1. The molecule has 1 aliphatic carbocycles. The number of anilines is 1. The van der Waals surface area contributed by atoms with Crippen LogP contribution in [-0.4, -0.2) is 18.7 Å². The summed E-state index contributed by atoms with van der Waals surface area (Å²) in [5.41, 5.74) is 5.50. The Kier molecular flexibility index (Phi) is 1.84. The van der Waals surface area contributed by atoms with Gasteiger partial charge in [-0.3, -0.25) is 0 Å². The molecule has 86 valence electrons. The number of benzene rings is 1. The molecular weight excluding hydrogens is 198 g/mol. The van der Waals surface area contributed by atoms with Crippen molar-refractivity contribution in [1.82, 2.24) is 0 Å². The molecule has 0 bridgehead atoms. The van der Waals surface area contributed by atoms with E-state index in [0.29, 0.717) is 11.2 Å². The third-order valence-electron chi connectivity index (χ3n) is 4.39. The molecule has 0 saturated heterocycles. The van der Waals surface area contributed by atoms with E-state index >= 15 is 0 Å². The fourth-order valence-corrected chi connectivity index (χ4v) is 3.17. The van der Waals surface area contributed by atoms with E-state index in [1.54, 1.807) is 0 Å². The monoisotopic (exact) mass is 217 g/mol. The van der Waals surface area contributed by atoms with Crippen LogP contribution in [0.5, 0.6) is 5.75 Å². The second kappa shape index (κ2) is 2.93. The highest BCUT2D eigenvalue weighted by Crippen LogP contribution is 2.54. The lowest BCUT2D eigenvalue weighted by Crippen LogP contribution is -2.34. The second-order valence-corrected chi connectivity index (χ2v) is 5.69. The summed E-state index contributed by atoms with van der Waals surface area (Å²) < 4.78 is 0. The van der Waals surface area contributed by atoms with E-state index in [-0.39, 0.29) is 0 Å². The Bertz CT molecular complexity index is 460. The number of rotatable bonds is 0. The first-order valence-corrected chi connectivity index (χ1v) is 6.06. The molecule has 1 heterocycles. The Balaban J connectivity index is 2.16. The molecule has 0 amide bonds. The summed E-state index contributed by atoms with van der Waals surface area (Å²) in [4.78, 5) is 2.38. The van der Waals surface area contributed by atoms with Crippen LogP contribution < -0.4 is 4.90 Å². The lowest BCUT2D eigenvalue weighted by Gasteiger charge is -2.35. The molecule has 1 aliphatic heterocycles. The van der Waals surface area contributed by atoms with Gasteiger partial charge in [0.05, 0.1) is 0 Å². The first kappa shape index (κ1) is 10.0. The molecule has 1 fully saturated rings. The molecule has 1 aromatic carbocycles. The standard InChI is InChI=1S/C14H19NO/c1-9-10(2)13-11(6-12(9)16)7-14(4-5-14)8-15(13)3/h6,16H,4-5,7-8H2,1-3H3. The predicted molar refractivity (Wildman–Crippen MR) is 66.2 cm³/mol. The Morgan fingerprint density at radius 2 is 1.94 bits per heavy atom. The quantitative estimate of drug-likeness (QED) is 0.722. The number of nitrogens with zero attached hydrogens (tertiary/aromatic N) is 1. The zero-order valence-corrected chi connectivity index (χ0v) is 10.3. The van der Waals surface area contributed by atoms with Crippen LogP contribution >= 0.6 is 0 Å². The van der Waals surface area contributed by atoms with Gasteiger partial charge in [0.2, 0.25) is 0 Å². The SMILES string of the molecule is Cc1c(O)cc2c(c1C)N(C)CC1(CC1)C2. The van der Waals surface area contributed by atoms with Crippen LogP contribution in [0.4, 0.5) is 5.69 Å². The summed E-state index contributed by atoms with van der Waals surface area (Å²) >= 11 is 0. The van der Waals surface area contributed by atoms with Gasteiger partial charge in [-0.15, -0.1) is 0 Å². The third kappa shape index (κ3) is 1.25. The van der Waals surface area contributed by atoms with Crippen LogP contribution in [0.3, 0.4) is 0 Å². The highest BCUT2D eigenvalue weighted by atomic mass is 16.3. The largest absolute Gasteiger partial charge is 0.508 e. The molecule has 16 heavy (non-hydrogen) atoms. The van der Waals surface area contributed by atoms with Crippen molar-refractivity contribution in [1.29, 1.82) is 0 Å². The number of phenolic OH excluding ortho intramolecular Hbond substituents is 1. The van der Waals surface area contributed by atoms with Crippen molar-refractivity contribution in [3.63, 3.8) is 0 Å². The number of phenols is 1. The molecule has 0 unspecified atom stereocenters.